The first-order valence-corrected chi connectivity index (χ1v) is 3.34. The predicted octanol–water partition coefficient (Wildman–Crippen LogP) is 2.88. The van der Waals surface area contributed by atoms with Crippen LogP contribution in [-0.4, -0.2) is 12.8 Å². The summed E-state index contributed by atoms with van der Waals surface area (Å²) in [4.78, 5) is 0. The summed E-state index contributed by atoms with van der Waals surface area (Å²) in [6, 6.07) is 0. The Hall–Kier alpha value is -0.670. The Morgan fingerprint density at radius 2 is 2.00 bits per heavy atom. The standard InChI is InChI=1S/C7H11F3O/c1-3-6(4-2)11-5-7(8,9)10/h3H,4-5H2,1-2H3. The van der Waals surface area contributed by atoms with Crippen LogP contribution in [0.25, 0.3) is 0 Å². The molecule has 0 rings (SSSR count). The maximum absolute atomic E-state index is 11.5. The van der Waals surface area contributed by atoms with Crippen LogP contribution in [-0.2, 0) is 4.74 Å². The van der Waals surface area contributed by atoms with Crippen LogP contribution in [0, 0.1) is 0 Å². The molecule has 0 aliphatic rings. The monoisotopic (exact) mass is 168 g/mol. The molecule has 11 heavy (non-hydrogen) atoms. The second kappa shape index (κ2) is 4.26. The van der Waals surface area contributed by atoms with Crippen molar-refractivity contribution >= 4 is 0 Å². The molecule has 66 valence electrons. The van der Waals surface area contributed by atoms with Gasteiger partial charge in [-0.2, -0.15) is 13.2 Å². The topological polar surface area (TPSA) is 9.23 Å². The van der Waals surface area contributed by atoms with E-state index < -0.39 is 12.8 Å². The van der Waals surface area contributed by atoms with Gasteiger partial charge in [0.25, 0.3) is 0 Å². The van der Waals surface area contributed by atoms with E-state index in [1.54, 1.807) is 13.8 Å². The van der Waals surface area contributed by atoms with Crippen molar-refractivity contribution in [2.45, 2.75) is 26.4 Å². The third-order valence-corrected chi connectivity index (χ3v) is 1.09. The van der Waals surface area contributed by atoms with E-state index in [4.69, 9.17) is 0 Å². The largest absolute Gasteiger partial charge is 0.489 e. The molecule has 0 radical (unpaired) electrons. The van der Waals surface area contributed by atoms with Gasteiger partial charge >= 0.3 is 6.18 Å². The van der Waals surface area contributed by atoms with Gasteiger partial charge < -0.3 is 4.74 Å². The summed E-state index contributed by atoms with van der Waals surface area (Å²) in [6.45, 7) is 2.20. The van der Waals surface area contributed by atoms with Crippen LogP contribution >= 0.6 is 0 Å². The van der Waals surface area contributed by atoms with Crippen molar-refractivity contribution in [2.75, 3.05) is 6.61 Å². The van der Waals surface area contributed by atoms with Crippen LogP contribution < -0.4 is 0 Å². The van der Waals surface area contributed by atoms with Gasteiger partial charge in [0.05, 0.1) is 5.76 Å². The van der Waals surface area contributed by atoms with E-state index >= 15 is 0 Å². The summed E-state index contributed by atoms with van der Waals surface area (Å²) in [7, 11) is 0. The molecule has 0 saturated heterocycles. The lowest BCUT2D eigenvalue weighted by Gasteiger charge is -2.10. The minimum Gasteiger partial charge on any atom is -0.489 e. The van der Waals surface area contributed by atoms with Gasteiger partial charge in [0.2, 0.25) is 0 Å². The van der Waals surface area contributed by atoms with Gasteiger partial charge in [-0.3, -0.25) is 0 Å². The molecule has 0 aromatic heterocycles. The fourth-order valence-electron chi connectivity index (χ4n) is 0.564. The molecule has 0 atom stereocenters. The van der Waals surface area contributed by atoms with Crippen molar-refractivity contribution in [3.05, 3.63) is 11.8 Å². The van der Waals surface area contributed by atoms with Gasteiger partial charge in [-0.05, 0) is 13.0 Å². The summed E-state index contributed by atoms with van der Waals surface area (Å²) in [5.74, 6) is 0.377. The van der Waals surface area contributed by atoms with Crippen LogP contribution in [0.4, 0.5) is 13.2 Å². The minimum absolute atomic E-state index is 0.377. The van der Waals surface area contributed by atoms with Crippen molar-refractivity contribution in [2.24, 2.45) is 0 Å². The van der Waals surface area contributed by atoms with Crippen LogP contribution in [0.1, 0.15) is 20.3 Å². The third-order valence-electron chi connectivity index (χ3n) is 1.09. The van der Waals surface area contributed by atoms with Gasteiger partial charge in [-0.15, -0.1) is 0 Å². The Labute approximate surface area is 63.8 Å². The van der Waals surface area contributed by atoms with E-state index in [0.717, 1.165) is 0 Å². The smallest absolute Gasteiger partial charge is 0.422 e. The predicted molar refractivity (Wildman–Crippen MR) is 36.1 cm³/mol. The van der Waals surface area contributed by atoms with Crippen LogP contribution in [0.15, 0.2) is 11.8 Å². The van der Waals surface area contributed by atoms with E-state index in [-0.39, 0.29) is 0 Å². The lowest BCUT2D eigenvalue weighted by Crippen LogP contribution is -2.16. The number of ether oxygens (including phenoxy) is 1. The van der Waals surface area contributed by atoms with Gasteiger partial charge in [0.1, 0.15) is 0 Å². The van der Waals surface area contributed by atoms with Crippen molar-refractivity contribution in [1.29, 1.82) is 0 Å². The average molecular weight is 168 g/mol. The lowest BCUT2D eigenvalue weighted by atomic mass is 10.4. The van der Waals surface area contributed by atoms with Crippen molar-refractivity contribution in [1.82, 2.24) is 0 Å². The Kier molecular flexibility index (Phi) is 4.00. The first-order valence-electron chi connectivity index (χ1n) is 3.34. The zero-order valence-corrected chi connectivity index (χ0v) is 6.53. The zero-order chi connectivity index (χ0) is 8.91. The number of hydrogen-bond donors (Lipinski definition) is 0. The number of hydrogen-bond acceptors (Lipinski definition) is 1. The third kappa shape index (κ3) is 5.76. The van der Waals surface area contributed by atoms with Gasteiger partial charge in [-0.25, -0.2) is 0 Å². The first kappa shape index (κ1) is 10.3. The van der Waals surface area contributed by atoms with Crippen LogP contribution in [0.5, 0.6) is 0 Å². The molecule has 0 aromatic rings. The Balaban J connectivity index is 3.70. The van der Waals surface area contributed by atoms with E-state index in [0.29, 0.717) is 12.2 Å². The highest BCUT2D eigenvalue weighted by molar-refractivity contribution is 4.88. The molecule has 1 nitrogen and oxygen atoms in total. The molecule has 0 aromatic carbocycles. The van der Waals surface area contributed by atoms with Crippen molar-refractivity contribution < 1.29 is 17.9 Å². The van der Waals surface area contributed by atoms with E-state index in [9.17, 15) is 13.2 Å². The summed E-state index contributed by atoms with van der Waals surface area (Å²) < 4.78 is 39.1. The molecule has 0 aliphatic carbocycles. The molecule has 0 spiro atoms. The fourth-order valence-corrected chi connectivity index (χ4v) is 0.564. The zero-order valence-electron chi connectivity index (χ0n) is 6.53. The minimum atomic E-state index is -4.23. The molecule has 4 heteroatoms. The molecule has 0 heterocycles. The Morgan fingerprint density at radius 1 is 1.45 bits per heavy atom. The number of alkyl halides is 3. The van der Waals surface area contributed by atoms with E-state index in [1.807, 2.05) is 0 Å². The molecule has 0 bridgehead atoms. The molecule has 0 fully saturated rings. The van der Waals surface area contributed by atoms with Crippen molar-refractivity contribution in [3.8, 4) is 0 Å². The van der Waals surface area contributed by atoms with Crippen LogP contribution in [0.3, 0.4) is 0 Å². The molecular formula is C7H11F3O. The van der Waals surface area contributed by atoms with Crippen LogP contribution in [0.2, 0.25) is 0 Å². The van der Waals surface area contributed by atoms with Gasteiger partial charge in [0.15, 0.2) is 6.61 Å². The molecule has 0 amide bonds. The fraction of sp³-hybridized carbons (Fsp3) is 0.714. The van der Waals surface area contributed by atoms with Gasteiger partial charge in [0, 0.05) is 6.42 Å². The summed E-state index contributed by atoms with van der Waals surface area (Å²) in [5, 5.41) is 0. The van der Waals surface area contributed by atoms with E-state index in [2.05, 4.69) is 4.74 Å². The number of allylic oxidation sites excluding steroid dienone is 2. The van der Waals surface area contributed by atoms with Gasteiger partial charge in [-0.1, -0.05) is 6.92 Å². The normalized spacial score (nSPS) is 13.4. The number of halogens is 3. The highest BCUT2D eigenvalue weighted by atomic mass is 19.4. The van der Waals surface area contributed by atoms with E-state index in [1.165, 1.54) is 6.08 Å². The maximum atomic E-state index is 11.5. The summed E-state index contributed by atoms with van der Waals surface area (Å²) in [6.07, 6.45) is -2.21. The highest BCUT2D eigenvalue weighted by Crippen LogP contribution is 2.17. The molecule has 0 N–H and O–H groups in total. The summed E-state index contributed by atoms with van der Waals surface area (Å²) in [5.41, 5.74) is 0. The number of rotatable bonds is 3. The lowest BCUT2D eigenvalue weighted by molar-refractivity contribution is -0.165. The molecule has 0 aliphatic heterocycles. The quantitative estimate of drug-likeness (QED) is 0.589. The highest BCUT2D eigenvalue weighted by Gasteiger charge is 2.28. The second-order valence-electron chi connectivity index (χ2n) is 2.01. The Bertz CT molecular complexity index is 137. The maximum Gasteiger partial charge on any atom is 0.422 e. The first-order chi connectivity index (χ1) is 4.99. The molecule has 0 unspecified atom stereocenters. The second-order valence-corrected chi connectivity index (χ2v) is 2.01. The summed E-state index contributed by atoms with van der Waals surface area (Å²) >= 11 is 0. The Morgan fingerprint density at radius 3 is 2.27 bits per heavy atom. The average Bonchev–Trinajstić information content (AvgIpc) is 1.88. The SMILES string of the molecule is CC=C(CC)OCC(F)(F)F. The molecular weight excluding hydrogens is 157 g/mol. The molecule has 0 saturated carbocycles. The van der Waals surface area contributed by atoms with Crippen molar-refractivity contribution in [3.63, 3.8) is 0 Å².